The topological polar surface area (TPSA) is 71.1 Å². The van der Waals surface area contributed by atoms with E-state index in [0.29, 0.717) is 36.6 Å². The van der Waals surface area contributed by atoms with Gasteiger partial charge in [0.2, 0.25) is 0 Å². The van der Waals surface area contributed by atoms with E-state index in [1.54, 1.807) is 24.0 Å². The standard InChI is InChI=1S/C27H31F3N6O/c1-31-25-6-4-19(15-23(25)28)24-7-5-22-20(3-2-10-34-11-8-27(29,30)9-12-34)17-36(26(22)33-24)21-16-32-35(18-21)13-14-37/h4-7,15-18,31,37H,2-3,8-14H2,1H3. The SMILES string of the molecule is CNc1ccc(-c2ccc3c(CCCN4CCC(F)(F)CC4)cn(-c4cnn(CCO)c4)c3n2)cc1F. The molecule has 37 heavy (non-hydrogen) atoms. The molecule has 0 radical (unpaired) electrons. The molecule has 0 aliphatic carbocycles. The number of hydrogen-bond donors (Lipinski definition) is 2. The number of benzene rings is 1. The third kappa shape index (κ3) is 5.50. The van der Waals surface area contributed by atoms with E-state index in [0.717, 1.165) is 41.7 Å². The van der Waals surface area contributed by atoms with Gasteiger partial charge in [-0.15, -0.1) is 0 Å². The van der Waals surface area contributed by atoms with Crippen molar-refractivity contribution in [2.24, 2.45) is 0 Å². The number of hydrogen-bond acceptors (Lipinski definition) is 5. The first kappa shape index (κ1) is 25.3. The molecule has 1 fully saturated rings. The van der Waals surface area contributed by atoms with Crippen LogP contribution < -0.4 is 5.32 Å². The molecule has 1 aliphatic heterocycles. The molecule has 4 aromatic rings. The first-order valence-electron chi connectivity index (χ1n) is 12.6. The molecule has 4 heterocycles. The minimum atomic E-state index is -2.54. The van der Waals surface area contributed by atoms with Gasteiger partial charge in [-0.2, -0.15) is 5.10 Å². The Morgan fingerprint density at radius 3 is 2.62 bits per heavy atom. The highest BCUT2D eigenvalue weighted by atomic mass is 19.3. The van der Waals surface area contributed by atoms with Crippen molar-refractivity contribution in [3.8, 4) is 16.9 Å². The van der Waals surface area contributed by atoms with E-state index >= 15 is 0 Å². The maximum atomic E-state index is 14.4. The molecule has 2 N–H and O–H groups in total. The van der Waals surface area contributed by atoms with Gasteiger partial charge in [0.1, 0.15) is 11.5 Å². The van der Waals surface area contributed by atoms with Crippen LogP contribution in [0.1, 0.15) is 24.8 Å². The molecule has 0 unspecified atom stereocenters. The number of rotatable bonds is 9. The Hall–Kier alpha value is -3.37. The summed E-state index contributed by atoms with van der Waals surface area (Å²) in [6, 6.07) is 8.89. The molecule has 0 saturated carbocycles. The van der Waals surface area contributed by atoms with Crippen molar-refractivity contribution in [3.63, 3.8) is 0 Å². The fourth-order valence-corrected chi connectivity index (χ4v) is 4.90. The highest BCUT2D eigenvalue weighted by Gasteiger charge is 2.33. The Morgan fingerprint density at radius 2 is 1.89 bits per heavy atom. The molecule has 7 nitrogen and oxygen atoms in total. The van der Waals surface area contributed by atoms with Crippen LogP contribution in [0.5, 0.6) is 0 Å². The maximum absolute atomic E-state index is 14.4. The van der Waals surface area contributed by atoms with Crippen molar-refractivity contribution in [1.29, 1.82) is 0 Å². The summed E-state index contributed by atoms with van der Waals surface area (Å²) in [6.07, 6.45) is 7.07. The summed E-state index contributed by atoms with van der Waals surface area (Å²) in [5.74, 6) is -2.89. The normalized spacial score (nSPS) is 15.9. The molecular weight excluding hydrogens is 481 g/mol. The Morgan fingerprint density at radius 1 is 1.08 bits per heavy atom. The number of halogens is 3. The minimum absolute atomic E-state index is 0.0161. The van der Waals surface area contributed by atoms with Crippen LogP contribution in [0.3, 0.4) is 0 Å². The van der Waals surface area contributed by atoms with E-state index < -0.39 is 5.92 Å². The number of aromatic nitrogens is 4. The second kappa shape index (κ2) is 10.5. The maximum Gasteiger partial charge on any atom is 0.250 e. The summed E-state index contributed by atoms with van der Waals surface area (Å²) in [5, 5.41) is 17.4. The Labute approximate surface area is 213 Å². The van der Waals surface area contributed by atoms with Gasteiger partial charge >= 0.3 is 0 Å². The second-order valence-electron chi connectivity index (χ2n) is 9.52. The average molecular weight is 513 g/mol. The molecule has 1 saturated heterocycles. The average Bonchev–Trinajstić information content (AvgIpc) is 3.49. The number of pyridine rings is 1. The van der Waals surface area contributed by atoms with Crippen LogP contribution in [0.25, 0.3) is 28.0 Å². The Balaban J connectivity index is 1.44. The smallest absolute Gasteiger partial charge is 0.250 e. The number of aliphatic hydroxyl groups is 1. The molecule has 0 atom stereocenters. The van der Waals surface area contributed by atoms with Gasteiger partial charge < -0.3 is 15.3 Å². The van der Waals surface area contributed by atoms with E-state index in [9.17, 15) is 18.3 Å². The fraction of sp³-hybridized carbons (Fsp3) is 0.407. The molecule has 1 aromatic carbocycles. The van der Waals surface area contributed by atoms with E-state index in [4.69, 9.17) is 4.98 Å². The van der Waals surface area contributed by atoms with Crippen LogP contribution in [0.4, 0.5) is 18.9 Å². The lowest BCUT2D eigenvalue weighted by molar-refractivity contribution is -0.0551. The Bertz CT molecular complexity index is 1370. The van der Waals surface area contributed by atoms with Crippen LogP contribution in [0.15, 0.2) is 48.9 Å². The van der Waals surface area contributed by atoms with Gasteiger partial charge in [-0.05, 0) is 49.2 Å². The predicted molar refractivity (Wildman–Crippen MR) is 138 cm³/mol. The van der Waals surface area contributed by atoms with E-state index in [-0.39, 0.29) is 25.3 Å². The van der Waals surface area contributed by atoms with Crippen LogP contribution in [-0.4, -0.2) is 68.5 Å². The van der Waals surface area contributed by atoms with Gasteiger partial charge in [0, 0.05) is 56.3 Å². The zero-order chi connectivity index (χ0) is 26.0. The predicted octanol–water partition coefficient (Wildman–Crippen LogP) is 4.73. The molecule has 1 aliphatic rings. The van der Waals surface area contributed by atoms with Crippen molar-refractivity contribution in [2.45, 2.75) is 38.2 Å². The Kier molecular flexibility index (Phi) is 7.21. The summed E-state index contributed by atoms with van der Waals surface area (Å²) < 4.78 is 45.0. The molecule has 3 aromatic heterocycles. The lowest BCUT2D eigenvalue weighted by Crippen LogP contribution is -2.39. The van der Waals surface area contributed by atoms with Crippen molar-refractivity contribution in [3.05, 3.63) is 60.3 Å². The van der Waals surface area contributed by atoms with Crippen molar-refractivity contribution >= 4 is 16.7 Å². The lowest BCUT2D eigenvalue weighted by atomic mass is 10.0. The first-order valence-corrected chi connectivity index (χ1v) is 12.6. The van der Waals surface area contributed by atoms with Gasteiger partial charge in [-0.1, -0.05) is 6.07 Å². The number of aryl methyl sites for hydroxylation is 1. The number of alkyl halides is 2. The van der Waals surface area contributed by atoms with E-state index in [1.165, 1.54) is 6.07 Å². The zero-order valence-electron chi connectivity index (χ0n) is 20.8. The number of anilines is 1. The van der Waals surface area contributed by atoms with Crippen molar-refractivity contribution < 1.29 is 18.3 Å². The minimum Gasteiger partial charge on any atom is -0.394 e. The molecular formula is C27H31F3N6O. The quantitative estimate of drug-likeness (QED) is 0.340. The third-order valence-corrected chi connectivity index (χ3v) is 7.00. The molecule has 5 rings (SSSR count). The van der Waals surface area contributed by atoms with Crippen molar-refractivity contribution in [2.75, 3.05) is 38.6 Å². The first-order chi connectivity index (χ1) is 17.9. The third-order valence-electron chi connectivity index (χ3n) is 7.00. The van der Waals surface area contributed by atoms with Gasteiger partial charge in [0.25, 0.3) is 5.92 Å². The molecule has 0 bridgehead atoms. The summed E-state index contributed by atoms with van der Waals surface area (Å²) in [4.78, 5) is 7.01. The highest BCUT2D eigenvalue weighted by Crippen LogP contribution is 2.30. The summed E-state index contributed by atoms with van der Waals surface area (Å²) in [5.41, 5.74) is 4.38. The zero-order valence-corrected chi connectivity index (χ0v) is 20.8. The summed E-state index contributed by atoms with van der Waals surface area (Å²) >= 11 is 0. The number of nitrogens with zero attached hydrogens (tertiary/aromatic N) is 5. The lowest BCUT2D eigenvalue weighted by Gasteiger charge is -2.31. The van der Waals surface area contributed by atoms with E-state index in [1.807, 2.05) is 35.2 Å². The molecule has 196 valence electrons. The van der Waals surface area contributed by atoms with Crippen LogP contribution >= 0.6 is 0 Å². The molecule has 0 amide bonds. The number of aliphatic hydroxyl groups excluding tert-OH is 1. The van der Waals surface area contributed by atoms with E-state index in [2.05, 4.69) is 15.3 Å². The fourth-order valence-electron chi connectivity index (χ4n) is 4.90. The highest BCUT2D eigenvalue weighted by molar-refractivity contribution is 5.85. The second-order valence-corrected chi connectivity index (χ2v) is 9.52. The summed E-state index contributed by atoms with van der Waals surface area (Å²) in [6.45, 7) is 1.98. The number of likely N-dealkylation sites (tertiary alicyclic amines) is 1. The monoisotopic (exact) mass is 512 g/mol. The van der Waals surface area contributed by atoms with Crippen LogP contribution in [-0.2, 0) is 13.0 Å². The molecule has 10 heteroatoms. The van der Waals surface area contributed by atoms with Gasteiger partial charge in [-0.3, -0.25) is 9.25 Å². The number of nitrogens with one attached hydrogen (secondary N) is 1. The number of piperidine rings is 1. The van der Waals surface area contributed by atoms with Gasteiger partial charge in [-0.25, -0.2) is 18.2 Å². The van der Waals surface area contributed by atoms with Gasteiger partial charge in [0.05, 0.1) is 36.4 Å². The largest absolute Gasteiger partial charge is 0.394 e. The van der Waals surface area contributed by atoms with Crippen molar-refractivity contribution in [1.82, 2.24) is 24.2 Å². The van der Waals surface area contributed by atoms with Crippen LogP contribution in [0, 0.1) is 5.82 Å². The van der Waals surface area contributed by atoms with Gasteiger partial charge in [0.15, 0.2) is 0 Å². The summed E-state index contributed by atoms with van der Waals surface area (Å²) in [7, 11) is 1.67. The molecule has 0 spiro atoms. The van der Waals surface area contributed by atoms with Crippen LogP contribution in [0.2, 0.25) is 0 Å². The number of fused-ring (bicyclic) bond motifs is 1.